The summed E-state index contributed by atoms with van der Waals surface area (Å²) in [5.41, 5.74) is 1.23. The lowest BCUT2D eigenvalue weighted by Crippen LogP contribution is -1.78. The fourth-order valence-corrected chi connectivity index (χ4v) is 2.01. The zero-order valence-corrected chi connectivity index (χ0v) is 8.74. The SMILES string of the molecule is C[CH]c1ccc(Br)cc1Br. The molecule has 0 aliphatic heterocycles. The van der Waals surface area contributed by atoms with E-state index in [9.17, 15) is 0 Å². The van der Waals surface area contributed by atoms with Gasteiger partial charge in [0.2, 0.25) is 0 Å². The van der Waals surface area contributed by atoms with Crippen LogP contribution in [-0.4, -0.2) is 0 Å². The molecule has 0 aliphatic carbocycles. The van der Waals surface area contributed by atoms with E-state index in [1.54, 1.807) is 0 Å². The van der Waals surface area contributed by atoms with Crippen LogP contribution in [0.2, 0.25) is 0 Å². The highest BCUT2D eigenvalue weighted by Gasteiger charge is 1.96. The van der Waals surface area contributed by atoms with Gasteiger partial charge in [-0.05, 0) is 24.1 Å². The minimum Gasteiger partial charge on any atom is -0.0578 e. The molecule has 0 fully saturated rings. The van der Waals surface area contributed by atoms with Gasteiger partial charge in [0.1, 0.15) is 0 Å². The predicted molar refractivity (Wildman–Crippen MR) is 50.9 cm³/mol. The van der Waals surface area contributed by atoms with Gasteiger partial charge in [-0.2, -0.15) is 0 Å². The number of hydrogen-bond donors (Lipinski definition) is 0. The fourth-order valence-electron chi connectivity index (χ4n) is 0.736. The van der Waals surface area contributed by atoms with Crippen molar-refractivity contribution in [3.05, 3.63) is 39.1 Å². The molecule has 0 aliphatic rings. The molecule has 1 aromatic rings. The first-order valence-corrected chi connectivity index (χ1v) is 4.57. The second-order valence-electron chi connectivity index (χ2n) is 1.95. The van der Waals surface area contributed by atoms with Crippen LogP contribution in [-0.2, 0) is 0 Å². The summed E-state index contributed by atoms with van der Waals surface area (Å²) in [6.07, 6.45) is 2.07. The minimum atomic E-state index is 1.10. The molecule has 1 aromatic carbocycles. The van der Waals surface area contributed by atoms with Gasteiger partial charge in [-0.3, -0.25) is 0 Å². The molecular weight excluding hydrogens is 256 g/mol. The van der Waals surface area contributed by atoms with Crippen molar-refractivity contribution >= 4 is 31.9 Å². The van der Waals surface area contributed by atoms with Crippen LogP contribution < -0.4 is 0 Å². The highest BCUT2D eigenvalue weighted by atomic mass is 79.9. The van der Waals surface area contributed by atoms with Crippen molar-refractivity contribution < 1.29 is 0 Å². The van der Waals surface area contributed by atoms with Crippen molar-refractivity contribution in [2.24, 2.45) is 0 Å². The average molecular weight is 263 g/mol. The van der Waals surface area contributed by atoms with Crippen molar-refractivity contribution in [1.82, 2.24) is 0 Å². The van der Waals surface area contributed by atoms with Gasteiger partial charge in [0, 0.05) is 8.95 Å². The Bertz CT molecular complexity index is 231. The van der Waals surface area contributed by atoms with Crippen LogP contribution in [0.25, 0.3) is 0 Å². The third-order valence-electron chi connectivity index (χ3n) is 1.27. The maximum Gasteiger partial charge on any atom is 0.0221 e. The molecule has 0 heterocycles. The molecule has 0 aromatic heterocycles. The highest BCUT2D eigenvalue weighted by Crippen LogP contribution is 2.22. The average Bonchev–Trinajstić information content (AvgIpc) is 1.88. The Morgan fingerprint density at radius 3 is 2.50 bits per heavy atom. The second-order valence-corrected chi connectivity index (χ2v) is 3.72. The summed E-state index contributed by atoms with van der Waals surface area (Å²) in [6.45, 7) is 2.02. The third-order valence-corrected chi connectivity index (χ3v) is 2.45. The summed E-state index contributed by atoms with van der Waals surface area (Å²) in [4.78, 5) is 0. The predicted octanol–water partition coefficient (Wildman–Crippen LogP) is 3.78. The van der Waals surface area contributed by atoms with Crippen LogP contribution in [0.5, 0.6) is 0 Å². The smallest absolute Gasteiger partial charge is 0.0221 e. The van der Waals surface area contributed by atoms with Crippen LogP contribution >= 0.6 is 31.9 Å². The van der Waals surface area contributed by atoms with Gasteiger partial charge in [0.15, 0.2) is 0 Å². The number of halogens is 2. The van der Waals surface area contributed by atoms with Crippen LogP contribution in [0.15, 0.2) is 27.1 Å². The summed E-state index contributed by atoms with van der Waals surface area (Å²) in [7, 11) is 0. The zero-order chi connectivity index (χ0) is 7.56. The van der Waals surface area contributed by atoms with Gasteiger partial charge >= 0.3 is 0 Å². The van der Waals surface area contributed by atoms with E-state index >= 15 is 0 Å². The van der Waals surface area contributed by atoms with Crippen molar-refractivity contribution in [3.8, 4) is 0 Å². The van der Waals surface area contributed by atoms with E-state index in [-0.39, 0.29) is 0 Å². The molecule has 10 heavy (non-hydrogen) atoms. The zero-order valence-electron chi connectivity index (χ0n) is 5.57. The molecule has 0 bridgehead atoms. The first-order valence-electron chi connectivity index (χ1n) is 2.98. The Kier molecular flexibility index (Phi) is 2.93. The van der Waals surface area contributed by atoms with Gasteiger partial charge in [0.05, 0.1) is 0 Å². The summed E-state index contributed by atoms with van der Waals surface area (Å²) >= 11 is 6.83. The minimum absolute atomic E-state index is 1.10. The molecule has 0 atom stereocenters. The van der Waals surface area contributed by atoms with Gasteiger partial charge in [-0.15, -0.1) is 0 Å². The third kappa shape index (κ3) is 1.83. The van der Waals surface area contributed by atoms with Crippen LogP contribution in [0.3, 0.4) is 0 Å². The Balaban J connectivity index is 3.07. The topological polar surface area (TPSA) is 0 Å². The van der Waals surface area contributed by atoms with Gasteiger partial charge in [-0.1, -0.05) is 44.8 Å². The molecule has 0 spiro atoms. The summed E-state index contributed by atoms with van der Waals surface area (Å²) in [6, 6.07) is 6.13. The first kappa shape index (κ1) is 8.28. The maximum absolute atomic E-state index is 3.45. The lowest BCUT2D eigenvalue weighted by Gasteiger charge is -1.99. The largest absolute Gasteiger partial charge is 0.0578 e. The van der Waals surface area contributed by atoms with Crippen molar-refractivity contribution in [1.29, 1.82) is 0 Å². The van der Waals surface area contributed by atoms with E-state index in [2.05, 4.69) is 44.3 Å². The first-order chi connectivity index (χ1) is 4.74. The fraction of sp³-hybridized carbons (Fsp3) is 0.125. The molecule has 2 heteroatoms. The summed E-state index contributed by atoms with van der Waals surface area (Å²) < 4.78 is 2.23. The van der Waals surface area contributed by atoms with E-state index in [4.69, 9.17) is 0 Å². The lowest BCUT2D eigenvalue weighted by molar-refractivity contribution is 1.39. The van der Waals surface area contributed by atoms with Gasteiger partial charge in [-0.25, -0.2) is 0 Å². The number of rotatable bonds is 1. The van der Waals surface area contributed by atoms with Crippen molar-refractivity contribution in [3.63, 3.8) is 0 Å². The van der Waals surface area contributed by atoms with E-state index in [0.717, 1.165) is 8.95 Å². The molecule has 1 radical (unpaired) electrons. The van der Waals surface area contributed by atoms with Crippen molar-refractivity contribution in [2.75, 3.05) is 0 Å². The second kappa shape index (κ2) is 3.54. The van der Waals surface area contributed by atoms with E-state index < -0.39 is 0 Å². The molecule has 53 valence electrons. The Morgan fingerprint density at radius 1 is 1.30 bits per heavy atom. The lowest BCUT2D eigenvalue weighted by atomic mass is 10.2. The summed E-state index contributed by atoms with van der Waals surface area (Å²) in [5.74, 6) is 0. The quantitative estimate of drug-likeness (QED) is 0.723. The molecule has 0 saturated carbocycles. The molecule has 0 nitrogen and oxygen atoms in total. The molecule has 0 saturated heterocycles. The molecule has 1 rings (SSSR count). The maximum atomic E-state index is 3.45. The normalized spacial score (nSPS) is 9.90. The van der Waals surface area contributed by atoms with E-state index in [0.29, 0.717) is 0 Å². The van der Waals surface area contributed by atoms with Crippen molar-refractivity contribution in [2.45, 2.75) is 6.92 Å². The molecular formula is C8H7Br2. The Hall–Kier alpha value is 0.180. The molecule has 0 amide bonds. The van der Waals surface area contributed by atoms with Crippen LogP contribution in [0.1, 0.15) is 12.5 Å². The number of hydrogen-bond acceptors (Lipinski definition) is 0. The Morgan fingerprint density at radius 2 is 2.00 bits per heavy atom. The van der Waals surface area contributed by atoms with E-state index in [1.165, 1.54) is 5.56 Å². The standard InChI is InChI=1S/C8H7Br2/c1-2-6-3-4-7(9)5-8(6)10/h2-5H,1H3. The molecule has 0 N–H and O–H groups in total. The number of benzene rings is 1. The Labute approximate surface area is 77.9 Å². The van der Waals surface area contributed by atoms with Crippen LogP contribution in [0, 0.1) is 6.42 Å². The molecule has 0 unspecified atom stereocenters. The monoisotopic (exact) mass is 261 g/mol. The van der Waals surface area contributed by atoms with Crippen LogP contribution in [0.4, 0.5) is 0 Å². The highest BCUT2D eigenvalue weighted by molar-refractivity contribution is 9.11. The summed E-state index contributed by atoms with van der Waals surface area (Å²) in [5, 5.41) is 0. The van der Waals surface area contributed by atoms with Gasteiger partial charge < -0.3 is 0 Å². The van der Waals surface area contributed by atoms with E-state index in [1.807, 2.05) is 19.1 Å². The van der Waals surface area contributed by atoms with Gasteiger partial charge in [0.25, 0.3) is 0 Å².